The number of carbonyl (C=O) groups is 16. The van der Waals surface area contributed by atoms with Crippen LogP contribution in [-0.2, 0) is 134 Å². The van der Waals surface area contributed by atoms with Crippen molar-refractivity contribution < 1.29 is 134 Å². The molecule has 0 aromatic heterocycles. The SMILES string of the molecule is CC(C)(C)OC(=O)CCC(CCC(=O)OC(C)(C)C)(CCC(=O)OC(C)(C)C)NC(=O)CCCC(CCCC(=O)NC(CCC(=O)OC(C)(C)C)(CCC(=O)OC(C)(C)C)CCC(=O)OC(C)(C)C)(CCCC(=O)NC(CCC(=O)OC(C)(C)C)(CCC(=O)OC(C)(C)C)CCC(=O)OC(C)(C)C)CCCC(=O)NC(CCC(=O)OC(C)(C)C)(CCC(=O)OC(C)(C)C)CCC(=O)OC(C)(C)C. The summed E-state index contributed by atoms with van der Waals surface area (Å²) in [6.45, 7) is 61.2. The predicted molar refractivity (Wildman–Crippen MR) is 522 cm³/mol. The van der Waals surface area contributed by atoms with Gasteiger partial charge in [0.25, 0.3) is 0 Å². The van der Waals surface area contributed by atoms with Gasteiger partial charge in [-0.15, -0.1) is 0 Å². The largest absolute Gasteiger partial charge is 0.460 e. The molecule has 0 radical (unpaired) electrons. The second-order valence-corrected chi connectivity index (χ2v) is 49.3. The first-order chi connectivity index (χ1) is 61.6. The van der Waals surface area contributed by atoms with Crippen molar-refractivity contribution in [1.82, 2.24) is 21.3 Å². The van der Waals surface area contributed by atoms with Gasteiger partial charge in [-0.25, -0.2) is 0 Å². The molecule has 0 aliphatic carbocycles. The van der Waals surface area contributed by atoms with Gasteiger partial charge in [0.15, 0.2) is 0 Å². The van der Waals surface area contributed by atoms with Crippen molar-refractivity contribution in [3.05, 3.63) is 0 Å². The Hall–Kier alpha value is -8.48. The van der Waals surface area contributed by atoms with Crippen LogP contribution in [0.3, 0.4) is 0 Å². The van der Waals surface area contributed by atoms with Gasteiger partial charge in [-0.3, -0.25) is 76.7 Å². The summed E-state index contributed by atoms with van der Waals surface area (Å²) < 4.78 is 69.3. The summed E-state index contributed by atoms with van der Waals surface area (Å²) in [5, 5.41) is 12.7. The molecule has 32 nitrogen and oxygen atoms in total. The molecule has 0 atom stereocenters. The third-order valence-electron chi connectivity index (χ3n) is 20.8. The number of amides is 4. The number of nitrogens with one attached hydrogen (secondary N) is 4. The minimum atomic E-state index is -1.47. The van der Waals surface area contributed by atoms with Crippen LogP contribution in [0.2, 0.25) is 0 Å². The zero-order valence-electron chi connectivity index (χ0n) is 91.4. The van der Waals surface area contributed by atoms with E-state index in [1.807, 2.05) is 0 Å². The molecular weight excluding hydrogens is 1770 g/mol. The summed E-state index contributed by atoms with van der Waals surface area (Å²) in [6, 6.07) is 0. The molecule has 0 saturated carbocycles. The molecule has 0 aliphatic rings. The van der Waals surface area contributed by atoms with Crippen LogP contribution in [0.15, 0.2) is 0 Å². The molecule has 0 aliphatic heterocycles. The van der Waals surface area contributed by atoms with E-state index in [1.54, 1.807) is 249 Å². The van der Waals surface area contributed by atoms with Crippen LogP contribution in [0.5, 0.6) is 0 Å². The topological polar surface area (TPSA) is 432 Å². The molecule has 0 fully saturated rings. The summed E-state index contributed by atoms with van der Waals surface area (Å²) >= 11 is 0. The van der Waals surface area contributed by atoms with E-state index in [-0.39, 0.29) is 231 Å². The minimum absolute atomic E-state index is 0.0338. The van der Waals surface area contributed by atoms with Gasteiger partial charge in [-0.2, -0.15) is 0 Å². The Morgan fingerprint density at radius 3 is 0.307 bits per heavy atom. The summed E-state index contributed by atoms with van der Waals surface area (Å²) in [4.78, 5) is 228. The first-order valence-corrected chi connectivity index (χ1v) is 49.5. The fourth-order valence-electron chi connectivity index (χ4n) is 15.7. The van der Waals surface area contributed by atoms with E-state index in [2.05, 4.69) is 21.3 Å². The van der Waals surface area contributed by atoms with Crippen LogP contribution in [0.1, 0.15) is 480 Å². The van der Waals surface area contributed by atoms with Gasteiger partial charge in [0, 0.05) is 125 Å². The van der Waals surface area contributed by atoms with Crippen molar-refractivity contribution in [1.29, 1.82) is 0 Å². The summed E-state index contributed by atoms with van der Waals surface area (Å²) in [6.07, 6.45) is -5.16. The molecular formula is C105H184N4O28. The van der Waals surface area contributed by atoms with E-state index >= 15 is 19.2 Å². The molecule has 0 rings (SSSR count). The number of carbonyl (C=O) groups excluding carboxylic acids is 16. The van der Waals surface area contributed by atoms with Gasteiger partial charge in [-0.05, 0) is 383 Å². The van der Waals surface area contributed by atoms with Crippen LogP contribution >= 0.6 is 0 Å². The molecule has 0 spiro atoms. The lowest BCUT2D eigenvalue weighted by molar-refractivity contribution is -0.158. The Kier molecular flexibility index (Phi) is 51.1. The van der Waals surface area contributed by atoms with E-state index in [1.165, 1.54) is 0 Å². The monoisotopic (exact) mass is 1950 g/mol. The number of ether oxygens (including phenoxy) is 12. The molecule has 0 unspecified atom stereocenters. The zero-order valence-corrected chi connectivity index (χ0v) is 91.4. The lowest BCUT2D eigenvalue weighted by Crippen LogP contribution is -2.50. The molecule has 0 aromatic rings. The van der Waals surface area contributed by atoms with Gasteiger partial charge in [0.1, 0.15) is 67.2 Å². The van der Waals surface area contributed by atoms with Gasteiger partial charge < -0.3 is 78.1 Å². The Balaban J connectivity index is 9.86. The smallest absolute Gasteiger partial charge is 0.306 e. The van der Waals surface area contributed by atoms with E-state index < -0.39 is 190 Å². The van der Waals surface area contributed by atoms with E-state index in [9.17, 15) is 57.5 Å². The summed E-state index contributed by atoms with van der Waals surface area (Å²) in [5.41, 5.74) is -18.2. The van der Waals surface area contributed by atoms with Crippen LogP contribution in [0.25, 0.3) is 0 Å². The maximum absolute atomic E-state index is 15.5. The average molecular weight is 1950 g/mol. The molecule has 0 bridgehead atoms. The van der Waals surface area contributed by atoms with Crippen molar-refractivity contribution >= 4 is 95.3 Å². The first-order valence-electron chi connectivity index (χ1n) is 49.5. The normalized spacial score (nSPS) is 13.2. The van der Waals surface area contributed by atoms with Crippen LogP contribution < -0.4 is 21.3 Å². The maximum atomic E-state index is 15.5. The molecule has 32 heteroatoms. The maximum Gasteiger partial charge on any atom is 0.306 e. The second-order valence-electron chi connectivity index (χ2n) is 49.3. The number of hydrogen-bond donors (Lipinski definition) is 4. The highest BCUT2D eigenvalue weighted by Gasteiger charge is 2.43. The Labute approximate surface area is 821 Å². The van der Waals surface area contributed by atoms with Crippen LogP contribution in [0.4, 0.5) is 0 Å². The van der Waals surface area contributed by atoms with Crippen molar-refractivity contribution in [2.75, 3.05) is 0 Å². The lowest BCUT2D eigenvalue weighted by atomic mass is 9.70. The van der Waals surface area contributed by atoms with Crippen molar-refractivity contribution in [2.24, 2.45) is 5.41 Å². The molecule has 4 N–H and O–H groups in total. The highest BCUT2D eigenvalue weighted by molar-refractivity contribution is 5.82. The Bertz CT molecular complexity index is 3100. The van der Waals surface area contributed by atoms with E-state index in [0.29, 0.717) is 0 Å². The summed E-state index contributed by atoms with van der Waals surface area (Å²) in [7, 11) is 0. The average Bonchev–Trinajstić information content (AvgIpc) is 0.841. The quantitative estimate of drug-likeness (QED) is 0.0324. The van der Waals surface area contributed by atoms with Gasteiger partial charge in [0.05, 0.1) is 0 Å². The molecule has 0 heterocycles. The molecule has 4 amide bonds. The zero-order chi connectivity index (χ0) is 107. The predicted octanol–water partition coefficient (Wildman–Crippen LogP) is 19.5. The fourth-order valence-corrected chi connectivity index (χ4v) is 15.7. The number of rotatable bonds is 56. The highest BCUT2D eigenvalue weighted by atomic mass is 16.6. The first kappa shape index (κ1) is 129. The molecule has 792 valence electrons. The van der Waals surface area contributed by atoms with Crippen molar-refractivity contribution in [3.8, 4) is 0 Å². The van der Waals surface area contributed by atoms with Crippen molar-refractivity contribution in [2.45, 2.75) is 570 Å². The van der Waals surface area contributed by atoms with E-state index in [0.717, 1.165) is 0 Å². The van der Waals surface area contributed by atoms with Gasteiger partial charge in [0.2, 0.25) is 23.6 Å². The third kappa shape index (κ3) is 68.3. The highest BCUT2D eigenvalue weighted by Crippen LogP contribution is 2.43. The van der Waals surface area contributed by atoms with Gasteiger partial charge >= 0.3 is 71.6 Å². The van der Waals surface area contributed by atoms with Gasteiger partial charge in [-0.1, -0.05) is 0 Å². The third-order valence-corrected chi connectivity index (χ3v) is 20.8. The molecule has 137 heavy (non-hydrogen) atoms. The second kappa shape index (κ2) is 54.5. The van der Waals surface area contributed by atoms with Crippen LogP contribution in [-0.4, -0.2) is 185 Å². The Morgan fingerprint density at radius 2 is 0.226 bits per heavy atom. The lowest BCUT2D eigenvalue weighted by Gasteiger charge is -2.38. The Morgan fingerprint density at radius 1 is 0.139 bits per heavy atom. The van der Waals surface area contributed by atoms with Crippen LogP contribution in [0, 0.1) is 5.41 Å². The van der Waals surface area contributed by atoms with Crippen molar-refractivity contribution in [3.63, 3.8) is 0 Å². The number of hydrogen-bond acceptors (Lipinski definition) is 28. The van der Waals surface area contributed by atoms with E-state index in [4.69, 9.17) is 56.8 Å². The molecule has 0 saturated heterocycles. The minimum Gasteiger partial charge on any atom is -0.460 e. The fraction of sp³-hybridized carbons (Fsp3) is 0.848. The summed E-state index contributed by atoms with van der Waals surface area (Å²) in [5.74, 6) is -9.78. The molecule has 0 aromatic carbocycles. The number of esters is 12. The standard InChI is InChI=1S/C105H184N4O28/c1-89(2,3)126-77(114)45-61-102(62-46-78(115)127-90(4,5)6,63-47-79(116)128-91(7,8)9)106-73(110)41-37-57-101(58-38-42-74(111)107-103(64-48-80(117)129-92(10,11)12,65-49-81(118)130-93(13,14)15)66-50-82(119)131-94(16,17)18,59-39-43-75(112)108-104(67-51-83(120)132-95(19,20)21,68-52-84(121)133-96(22,23)24)69-53-85(122)134-97(25,26)27)60-40-44-76(113)109-105(70-54-86(123)135-98(28,29)30,71-55-87(124)136-99(31,32)33)72-56-88(125)137-100(34,35)36/h37-72H2,1-36H3,(H,106,110)(H,107,111)(H,108,112)(H,109,113).